The first-order valence-corrected chi connectivity index (χ1v) is 7.40. The van der Waals surface area contributed by atoms with Crippen LogP contribution in [0.15, 0.2) is 30.3 Å². The second-order valence-electron chi connectivity index (χ2n) is 5.63. The van der Waals surface area contributed by atoms with Gasteiger partial charge in [0.05, 0.1) is 0 Å². The summed E-state index contributed by atoms with van der Waals surface area (Å²) in [5.74, 6) is 0.289. The van der Waals surface area contributed by atoms with Gasteiger partial charge < -0.3 is 15.1 Å². The second-order valence-corrected chi connectivity index (χ2v) is 5.63. The van der Waals surface area contributed by atoms with Crippen molar-refractivity contribution in [2.24, 2.45) is 0 Å². The van der Waals surface area contributed by atoms with Gasteiger partial charge >= 0.3 is 0 Å². The summed E-state index contributed by atoms with van der Waals surface area (Å²) in [6.45, 7) is 3.43. The highest BCUT2D eigenvalue weighted by Crippen LogP contribution is 2.32. The zero-order chi connectivity index (χ0) is 13.9. The summed E-state index contributed by atoms with van der Waals surface area (Å²) in [6.07, 6.45) is 4.89. The van der Waals surface area contributed by atoms with E-state index >= 15 is 0 Å². The minimum Gasteiger partial charge on any atom is -0.508 e. The molecule has 0 saturated carbocycles. The molecule has 0 spiro atoms. The molecule has 0 aliphatic carbocycles. The van der Waals surface area contributed by atoms with Gasteiger partial charge in [-0.2, -0.15) is 0 Å². The molecular weight excluding hydrogens is 286 g/mol. The van der Waals surface area contributed by atoms with Crippen molar-refractivity contribution in [2.45, 2.75) is 25.7 Å². The molecule has 0 amide bonds. The molecular formula is C17H22ClNO2. The lowest BCUT2D eigenvalue weighted by atomic mass is 10.0. The van der Waals surface area contributed by atoms with Crippen molar-refractivity contribution in [2.75, 3.05) is 19.6 Å². The number of hydrogen-bond acceptors (Lipinski definition) is 3. The minimum absolute atomic E-state index is 0. The normalized spacial score (nSPS) is 15.8. The first kappa shape index (κ1) is 15.9. The Hall–Kier alpha value is -1.45. The molecule has 21 heavy (non-hydrogen) atoms. The Bertz CT molecular complexity index is 609. The van der Waals surface area contributed by atoms with E-state index in [4.69, 9.17) is 0 Å². The molecule has 1 fully saturated rings. The highest BCUT2D eigenvalue weighted by atomic mass is 35.5. The van der Waals surface area contributed by atoms with Gasteiger partial charge in [0.15, 0.2) is 0 Å². The van der Waals surface area contributed by atoms with Crippen molar-refractivity contribution >= 4 is 23.2 Å². The van der Waals surface area contributed by atoms with Crippen molar-refractivity contribution < 1.29 is 10.2 Å². The second kappa shape index (κ2) is 7.01. The summed E-state index contributed by atoms with van der Waals surface area (Å²) in [6, 6.07) is 9.13. The van der Waals surface area contributed by atoms with Crippen LogP contribution in [0.4, 0.5) is 0 Å². The van der Waals surface area contributed by atoms with E-state index < -0.39 is 0 Å². The summed E-state index contributed by atoms with van der Waals surface area (Å²) < 4.78 is 0. The molecule has 1 heterocycles. The van der Waals surface area contributed by atoms with Crippen LogP contribution >= 0.6 is 12.4 Å². The van der Waals surface area contributed by atoms with Crippen LogP contribution in [0.5, 0.6) is 11.5 Å². The van der Waals surface area contributed by atoms with E-state index in [9.17, 15) is 10.2 Å². The first-order chi connectivity index (χ1) is 9.74. The van der Waals surface area contributed by atoms with Crippen LogP contribution in [-0.4, -0.2) is 34.7 Å². The van der Waals surface area contributed by atoms with E-state index in [0.29, 0.717) is 0 Å². The van der Waals surface area contributed by atoms with Gasteiger partial charge in [0.1, 0.15) is 11.5 Å². The Balaban J connectivity index is 0.00000161. The van der Waals surface area contributed by atoms with E-state index in [1.54, 1.807) is 6.07 Å². The zero-order valence-corrected chi connectivity index (χ0v) is 12.9. The molecule has 4 heteroatoms. The van der Waals surface area contributed by atoms with Crippen LogP contribution in [0.3, 0.4) is 0 Å². The van der Waals surface area contributed by atoms with Crippen LogP contribution in [0.2, 0.25) is 0 Å². The summed E-state index contributed by atoms with van der Waals surface area (Å²) in [5, 5.41) is 21.4. The SMILES string of the molecule is Cl.Oc1cc(O)c2c(CCN3CCCCC3)cccc2c1. The van der Waals surface area contributed by atoms with E-state index in [-0.39, 0.29) is 23.9 Å². The number of phenols is 2. The average molecular weight is 308 g/mol. The van der Waals surface area contributed by atoms with Gasteiger partial charge in [0, 0.05) is 18.0 Å². The van der Waals surface area contributed by atoms with Crippen LogP contribution < -0.4 is 0 Å². The molecule has 1 saturated heterocycles. The number of fused-ring (bicyclic) bond motifs is 1. The number of rotatable bonds is 3. The van der Waals surface area contributed by atoms with E-state index in [2.05, 4.69) is 11.0 Å². The molecule has 1 aliphatic heterocycles. The molecule has 1 aliphatic rings. The average Bonchev–Trinajstić information content (AvgIpc) is 2.45. The molecule has 2 aromatic carbocycles. The third-order valence-corrected chi connectivity index (χ3v) is 4.17. The Morgan fingerprint density at radius 3 is 2.52 bits per heavy atom. The summed E-state index contributed by atoms with van der Waals surface area (Å²) in [7, 11) is 0. The van der Waals surface area contributed by atoms with Gasteiger partial charge in [-0.05, 0) is 49.4 Å². The van der Waals surface area contributed by atoms with E-state index in [1.165, 1.54) is 38.4 Å². The zero-order valence-electron chi connectivity index (χ0n) is 12.1. The monoisotopic (exact) mass is 307 g/mol. The molecule has 114 valence electrons. The lowest BCUT2D eigenvalue weighted by Gasteiger charge is -2.26. The van der Waals surface area contributed by atoms with Crippen molar-refractivity contribution in [3.63, 3.8) is 0 Å². The number of aromatic hydroxyl groups is 2. The maximum atomic E-state index is 10.1. The Morgan fingerprint density at radius 2 is 1.76 bits per heavy atom. The number of halogens is 1. The number of hydrogen-bond donors (Lipinski definition) is 2. The van der Waals surface area contributed by atoms with Crippen LogP contribution in [0.1, 0.15) is 24.8 Å². The Labute approximate surface area is 131 Å². The van der Waals surface area contributed by atoms with Crippen molar-refractivity contribution in [3.8, 4) is 11.5 Å². The number of piperidine rings is 1. The lowest BCUT2D eigenvalue weighted by Crippen LogP contribution is -2.31. The summed E-state index contributed by atoms with van der Waals surface area (Å²) >= 11 is 0. The van der Waals surface area contributed by atoms with Gasteiger partial charge in [0.25, 0.3) is 0 Å². The van der Waals surface area contributed by atoms with Crippen molar-refractivity contribution in [1.82, 2.24) is 4.90 Å². The molecule has 0 unspecified atom stereocenters. The van der Waals surface area contributed by atoms with Gasteiger partial charge in [0.2, 0.25) is 0 Å². The van der Waals surface area contributed by atoms with Crippen molar-refractivity contribution in [3.05, 3.63) is 35.9 Å². The number of likely N-dealkylation sites (tertiary alicyclic amines) is 1. The molecule has 2 N–H and O–H groups in total. The molecule has 0 aromatic heterocycles. The van der Waals surface area contributed by atoms with Gasteiger partial charge in [-0.1, -0.05) is 24.6 Å². The standard InChI is InChI=1S/C17H21NO2.ClH/c19-15-11-14-6-4-5-13(17(14)16(20)12-15)7-10-18-8-2-1-3-9-18;/h4-6,11-12,19-20H,1-3,7-10H2;1H. The Morgan fingerprint density at radius 1 is 1.00 bits per heavy atom. The molecule has 3 rings (SSSR count). The van der Waals surface area contributed by atoms with Gasteiger partial charge in [-0.3, -0.25) is 0 Å². The van der Waals surface area contributed by atoms with Crippen molar-refractivity contribution in [1.29, 1.82) is 0 Å². The van der Waals surface area contributed by atoms with Crippen LogP contribution in [0.25, 0.3) is 10.8 Å². The number of benzene rings is 2. The lowest BCUT2D eigenvalue weighted by molar-refractivity contribution is 0.231. The number of nitrogens with zero attached hydrogens (tertiary/aromatic N) is 1. The van der Waals surface area contributed by atoms with Crippen LogP contribution in [0, 0.1) is 0 Å². The molecule has 3 nitrogen and oxygen atoms in total. The highest BCUT2D eigenvalue weighted by Gasteiger charge is 2.12. The smallest absolute Gasteiger partial charge is 0.127 e. The van der Waals surface area contributed by atoms with Gasteiger partial charge in [-0.25, -0.2) is 0 Å². The number of phenolic OH excluding ortho intramolecular Hbond substituents is 2. The third-order valence-electron chi connectivity index (χ3n) is 4.17. The van der Waals surface area contributed by atoms with E-state index in [1.807, 2.05) is 12.1 Å². The van der Waals surface area contributed by atoms with Gasteiger partial charge in [-0.15, -0.1) is 12.4 Å². The highest BCUT2D eigenvalue weighted by molar-refractivity contribution is 5.92. The molecule has 0 atom stereocenters. The predicted octanol–water partition coefficient (Wildman–Crippen LogP) is 3.70. The van der Waals surface area contributed by atoms with E-state index in [0.717, 1.165) is 29.3 Å². The molecule has 0 bridgehead atoms. The quantitative estimate of drug-likeness (QED) is 0.908. The fourth-order valence-electron chi connectivity index (χ4n) is 3.14. The Kier molecular flexibility index (Phi) is 5.32. The fourth-order valence-corrected chi connectivity index (χ4v) is 3.14. The first-order valence-electron chi connectivity index (χ1n) is 7.40. The summed E-state index contributed by atoms with van der Waals surface area (Å²) in [4.78, 5) is 2.50. The minimum atomic E-state index is 0. The fraction of sp³-hybridized carbons (Fsp3) is 0.412. The predicted molar refractivity (Wildman–Crippen MR) is 88.5 cm³/mol. The third kappa shape index (κ3) is 3.60. The maximum absolute atomic E-state index is 10.1. The molecule has 2 aromatic rings. The van der Waals surface area contributed by atoms with Crippen LogP contribution in [-0.2, 0) is 6.42 Å². The molecule has 0 radical (unpaired) electrons. The summed E-state index contributed by atoms with van der Waals surface area (Å²) in [5.41, 5.74) is 1.16. The largest absolute Gasteiger partial charge is 0.508 e. The topological polar surface area (TPSA) is 43.7 Å². The maximum Gasteiger partial charge on any atom is 0.127 e.